The van der Waals surface area contributed by atoms with Gasteiger partial charge >= 0.3 is 0 Å². The Morgan fingerprint density at radius 2 is 1.63 bits per heavy atom. The summed E-state index contributed by atoms with van der Waals surface area (Å²) in [7, 11) is 0. The van der Waals surface area contributed by atoms with Crippen LogP contribution in [0.2, 0.25) is 10.0 Å². The molecule has 3 aromatic carbocycles. The zero-order valence-electron chi connectivity index (χ0n) is 15.8. The van der Waals surface area contributed by atoms with Crippen molar-refractivity contribution in [2.45, 2.75) is 6.54 Å². The lowest BCUT2D eigenvalue weighted by molar-refractivity contribution is 0.0969. The monoisotopic (exact) mass is 434 g/mol. The summed E-state index contributed by atoms with van der Waals surface area (Å²) >= 11 is 12.0. The van der Waals surface area contributed by atoms with Gasteiger partial charge in [-0.3, -0.25) is 9.59 Å². The number of benzene rings is 3. The van der Waals surface area contributed by atoms with Crippen molar-refractivity contribution < 1.29 is 9.59 Å². The van der Waals surface area contributed by atoms with Gasteiger partial charge in [-0.25, -0.2) is 4.98 Å². The van der Waals surface area contributed by atoms with Crippen molar-refractivity contribution in [1.29, 1.82) is 0 Å². The zero-order chi connectivity index (χ0) is 21.1. The molecule has 0 saturated heterocycles. The van der Waals surface area contributed by atoms with E-state index in [0.717, 1.165) is 11.1 Å². The fourth-order valence-corrected chi connectivity index (χ4v) is 3.45. The fourth-order valence-electron chi connectivity index (χ4n) is 3.15. The first-order valence-electron chi connectivity index (χ1n) is 9.24. The van der Waals surface area contributed by atoms with Gasteiger partial charge in [0.25, 0.3) is 0 Å². The van der Waals surface area contributed by atoms with Gasteiger partial charge in [0.2, 0.25) is 5.78 Å². The molecule has 0 aliphatic heterocycles. The van der Waals surface area contributed by atoms with Gasteiger partial charge in [-0.05, 0) is 35.9 Å². The van der Waals surface area contributed by atoms with Gasteiger partial charge < -0.3 is 4.57 Å². The second-order valence-electron chi connectivity index (χ2n) is 6.67. The van der Waals surface area contributed by atoms with E-state index in [4.69, 9.17) is 23.2 Å². The third kappa shape index (κ3) is 4.20. The van der Waals surface area contributed by atoms with Crippen molar-refractivity contribution >= 4 is 51.9 Å². The number of rotatable bonds is 6. The summed E-state index contributed by atoms with van der Waals surface area (Å²) in [4.78, 5) is 30.2. The Morgan fingerprint density at radius 3 is 2.40 bits per heavy atom. The van der Waals surface area contributed by atoms with Gasteiger partial charge in [0.1, 0.15) is 0 Å². The number of nitrogens with zero attached hydrogens (tertiary/aromatic N) is 2. The molecule has 0 saturated carbocycles. The molecule has 0 amide bonds. The van der Waals surface area contributed by atoms with Gasteiger partial charge in [0.05, 0.1) is 27.6 Å². The van der Waals surface area contributed by atoms with E-state index in [-0.39, 0.29) is 23.9 Å². The molecule has 30 heavy (non-hydrogen) atoms. The molecule has 0 N–H and O–H groups in total. The van der Waals surface area contributed by atoms with E-state index in [1.807, 2.05) is 42.5 Å². The SMILES string of the molecule is O=C(Cn1c(C(=O)/C=C/c2ccc(Cl)c(Cl)c2)nc2ccccc21)c1ccccc1. The summed E-state index contributed by atoms with van der Waals surface area (Å²) < 4.78 is 1.66. The molecule has 1 heterocycles. The van der Waals surface area contributed by atoms with Crippen LogP contribution >= 0.6 is 23.2 Å². The first-order chi connectivity index (χ1) is 14.5. The summed E-state index contributed by atoms with van der Waals surface area (Å²) in [5.74, 6) is -0.198. The Hall–Kier alpha value is -3.21. The molecule has 4 nitrogen and oxygen atoms in total. The van der Waals surface area contributed by atoms with Crippen LogP contribution in [-0.4, -0.2) is 21.1 Å². The number of imidazole rings is 1. The van der Waals surface area contributed by atoms with Crippen LogP contribution in [0.4, 0.5) is 0 Å². The normalized spacial score (nSPS) is 11.3. The minimum absolute atomic E-state index is 0.0201. The number of hydrogen-bond donors (Lipinski definition) is 0. The Kier molecular flexibility index (Phi) is 5.79. The molecule has 0 aliphatic rings. The van der Waals surface area contributed by atoms with E-state index in [0.29, 0.717) is 21.1 Å². The summed E-state index contributed by atoms with van der Waals surface area (Å²) in [6.07, 6.45) is 3.07. The average Bonchev–Trinajstić information content (AvgIpc) is 3.13. The maximum absolute atomic E-state index is 12.9. The fraction of sp³-hybridized carbons (Fsp3) is 0.0417. The highest BCUT2D eigenvalue weighted by Gasteiger charge is 2.18. The van der Waals surface area contributed by atoms with Gasteiger partial charge in [-0.1, -0.05) is 77.8 Å². The van der Waals surface area contributed by atoms with Gasteiger partial charge in [0, 0.05) is 5.56 Å². The van der Waals surface area contributed by atoms with Crippen LogP contribution in [0.1, 0.15) is 26.5 Å². The van der Waals surface area contributed by atoms with Gasteiger partial charge in [-0.2, -0.15) is 0 Å². The molecular formula is C24H16Cl2N2O2. The number of carbonyl (C=O) groups excluding carboxylic acids is 2. The molecule has 6 heteroatoms. The molecule has 0 radical (unpaired) electrons. The van der Waals surface area contributed by atoms with Crippen LogP contribution in [-0.2, 0) is 6.54 Å². The number of Topliss-reactive ketones (excluding diaryl/α,β-unsaturated/α-hetero) is 1. The molecule has 4 rings (SSSR count). The predicted octanol–water partition coefficient (Wildman–Crippen LogP) is 6.12. The van der Waals surface area contributed by atoms with Crippen LogP contribution in [0.25, 0.3) is 17.1 Å². The van der Waals surface area contributed by atoms with Crippen LogP contribution in [0, 0.1) is 0 Å². The van der Waals surface area contributed by atoms with Crippen molar-refractivity contribution in [2.75, 3.05) is 0 Å². The van der Waals surface area contributed by atoms with Crippen LogP contribution in [0.3, 0.4) is 0 Å². The topological polar surface area (TPSA) is 52.0 Å². The number of halogens is 2. The molecule has 0 aliphatic carbocycles. The quantitative estimate of drug-likeness (QED) is 0.271. The third-order valence-electron chi connectivity index (χ3n) is 4.64. The lowest BCUT2D eigenvalue weighted by Crippen LogP contribution is -2.15. The van der Waals surface area contributed by atoms with Gasteiger partial charge in [-0.15, -0.1) is 0 Å². The predicted molar refractivity (Wildman–Crippen MR) is 120 cm³/mol. The number of aromatic nitrogens is 2. The molecule has 0 unspecified atom stereocenters. The number of allylic oxidation sites excluding steroid dienone is 1. The third-order valence-corrected chi connectivity index (χ3v) is 5.38. The highest BCUT2D eigenvalue weighted by Crippen LogP contribution is 2.23. The van der Waals surface area contributed by atoms with Gasteiger partial charge in [0.15, 0.2) is 11.6 Å². The van der Waals surface area contributed by atoms with E-state index < -0.39 is 0 Å². The number of fused-ring (bicyclic) bond motifs is 1. The smallest absolute Gasteiger partial charge is 0.221 e. The van der Waals surface area contributed by atoms with Crippen LogP contribution in [0.5, 0.6) is 0 Å². The highest BCUT2D eigenvalue weighted by atomic mass is 35.5. The first kappa shape index (κ1) is 20.1. The lowest BCUT2D eigenvalue weighted by Gasteiger charge is -2.07. The minimum atomic E-state index is -0.307. The second-order valence-corrected chi connectivity index (χ2v) is 7.49. The standard InChI is InChI=1S/C24H16Cl2N2O2/c25-18-12-10-16(14-19(18)26)11-13-22(29)24-27-20-8-4-5-9-21(20)28(24)15-23(30)17-6-2-1-3-7-17/h1-14H,15H2/b13-11+. The number of hydrogen-bond acceptors (Lipinski definition) is 3. The minimum Gasteiger partial charge on any atom is -0.313 e. The molecule has 0 atom stereocenters. The number of carbonyl (C=O) groups is 2. The van der Waals surface area contributed by atoms with Crippen LogP contribution in [0.15, 0.2) is 78.9 Å². The summed E-state index contributed by atoms with van der Waals surface area (Å²) in [6, 6.07) is 21.5. The van der Waals surface area contributed by atoms with Crippen molar-refractivity contribution in [3.8, 4) is 0 Å². The van der Waals surface area contributed by atoms with E-state index in [1.165, 1.54) is 6.08 Å². The van der Waals surface area contributed by atoms with Crippen LogP contribution < -0.4 is 0 Å². The maximum Gasteiger partial charge on any atom is 0.221 e. The maximum atomic E-state index is 12.9. The molecule has 0 bridgehead atoms. The molecule has 4 aromatic rings. The largest absolute Gasteiger partial charge is 0.313 e. The van der Waals surface area contributed by atoms with Crippen molar-refractivity contribution in [2.24, 2.45) is 0 Å². The average molecular weight is 435 g/mol. The van der Waals surface area contributed by atoms with E-state index >= 15 is 0 Å². The molecule has 148 valence electrons. The molecular weight excluding hydrogens is 419 g/mol. The second kappa shape index (κ2) is 8.66. The van der Waals surface area contributed by atoms with Crippen molar-refractivity contribution in [3.05, 3.63) is 106 Å². The summed E-state index contributed by atoms with van der Waals surface area (Å²) in [5, 5.41) is 0.855. The van der Waals surface area contributed by atoms with E-state index in [9.17, 15) is 9.59 Å². The molecule has 1 aromatic heterocycles. The Morgan fingerprint density at radius 1 is 0.900 bits per heavy atom. The number of para-hydroxylation sites is 2. The van der Waals surface area contributed by atoms with Crippen molar-refractivity contribution in [1.82, 2.24) is 9.55 Å². The summed E-state index contributed by atoms with van der Waals surface area (Å²) in [5.41, 5.74) is 2.71. The van der Waals surface area contributed by atoms with E-state index in [1.54, 1.807) is 41.0 Å². The van der Waals surface area contributed by atoms with E-state index in [2.05, 4.69) is 4.98 Å². The van der Waals surface area contributed by atoms with Crippen molar-refractivity contribution in [3.63, 3.8) is 0 Å². The zero-order valence-corrected chi connectivity index (χ0v) is 17.3. The molecule has 0 fully saturated rings. The lowest BCUT2D eigenvalue weighted by atomic mass is 10.1. The highest BCUT2D eigenvalue weighted by molar-refractivity contribution is 6.42. The first-order valence-corrected chi connectivity index (χ1v) is 9.99. The Bertz CT molecular complexity index is 1280. The summed E-state index contributed by atoms with van der Waals surface area (Å²) in [6.45, 7) is 0.0201. The Balaban J connectivity index is 1.68. The Labute approximate surface area is 183 Å². The number of ketones is 2. The molecule has 0 spiro atoms.